The van der Waals surface area contributed by atoms with Gasteiger partial charge in [0.05, 0.1) is 23.8 Å². The minimum Gasteiger partial charge on any atom is -0.376 e. The number of fused-ring (bicyclic) bond motifs is 1. The zero-order valence-electron chi connectivity index (χ0n) is 9.69. The number of ether oxygens (including phenoxy) is 1. The van der Waals surface area contributed by atoms with Crippen molar-refractivity contribution in [1.82, 2.24) is 4.90 Å². The zero-order chi connectivity index (χ0) is 12.7. The molecule has 1 fully saturated rings. The fraction of sp³-hybridized carbons (Fsp3) is 0.385. The van der Waals surface area contributed by atoms with E-state index < -0.39 is 0 Å². The average molecular weight is 357 g/mol. The van der Waals surface area contributed by atoms with Crippen LogP contribution in [0.5, 0.6) is 0 Å². The van der Waals surface area contributed by atoms with Crippen molar-refractivity contribution in [3.63, 3.8) is 0 Å². The van der Waals surface area contributed by atoms with Crippen molar-refractivity contribution in [2.24, 2.45) is 0 Å². The van der Waals surface area contributed by atoms with E-state index in [2.05, 4.69) is 22.6 Å². The molecule has 2 aliphatic rings. The molecule has 0 saturated carbocycles. The highest BCUT2D eigenvalue weighted by atomic mass is 127. The molecule has 1 saturated heterocycles. The van der Waals surface area contributed by atoms with Crippen LogP contribution < -0.4 is 0 Å². The number of nitrogens with zero attached hydrogens (tertiary/aromatic N) is 1. The fourth-order valence-electron chi connectivity index (χ4n) is 2.42. The van der Waals surface area contributed by atoms with Crippen LogP contribution in [-0.4, -0.2) is 36.0 Å². The molecule has 18 heavy (non-hydrogen) atoms. The van der Waals surface area contributed by atoms with Crippen molar-refractivity contribution < 1.29 is 14.3 Å². The highest BCUT2D eigenvalue weighted by Crippen LogP contribution is 2.26. The lowest BCUT2D eigenvalue weighted by Gasteiger charge is -2.17. The first kappa shape index (κ1) is 12.1. The van der Waals surface area contributed by atoms with Crippen LogP contribution in [0, 0.1) is 3.57 Å². The Bertz CT molecular complexity index is 523. The van der Waals surface area contributed by atoms with Crippen molar-refractivity contribution in [2.45, 2.75) is 18.9 Å². The first-order chi connectivity index (χ1) is 8.66. The molecule has 0 aliphatic carbocycles. The lowest BCUT2D eigenvalue weighted by molar-refractivity contribution is 0.0475. The molecule has 2 heterocycles. The number of carbonyl (C=O) groups is 2. The van der Waals surface area contributed by atoms with E-state index in [9.17, 15) is 9.59 Å². The van der Waals surface area contributed by atoms with Gasteiger partial charge in [-0.05, 0) is 53.6 Å². The van der Waals surface area contributed by atoms with Crippen molar-refractivity contribution in [3.05, 3.63) is 32.9 Å². The van der Waals surface area contributed by atoms with Gasteiger partial charge in [-0.15, -0.1) is 0 Å². The van der Waals surface area contributed by atoms with E-state index >= 15 is 0 Å². The van der Waals surface area contributed by atoms with Gasteiger partial charge in [0.2, 0.25) is 0 Å². The van der Waals surface area contributed by atoms with E-state index in [0.717, 1.165) is 23.0 Å². The molecule has 0 radical (unpaired) electrons. The summed E-state index contributed by atoms with van der Waals surface area (Å²) in [5, 5.41) is 0. The Morgan fingerprint density at radius 2 is 2.06 bits per heavy atom. The third kappa shape index (κ3) is 1.95. The monoisotopic (exact) mass is 357 g/mol. The Balaban J connectivity index is 1.87. The van der Waals surface area contributed by atoms with Gasteiger partial charge < -0.3 is 4.74 Å². The number of hydrogen-bond donors (Lipinski definition) is 0. The molecule has 0 aromatic heterocycles. The van der Waals surface area contributed by atoms with Crippen molar-refractivity contribution in [3.8, 4) is 0 Å². The van der Waals surface area contributed by atoms with Gasteiger partial charge in [0.15, 0.2) is 0 Å². The Morgan fingerprint density at radius 3 is 2.78 bits per heavy atom. The molecule has 94 valence electrons. The predicted octanol–water partition coefficient (Wildman–Crippen LogP) is 2.07. The maximum absolute atomic E-state index is 12.2. The summed E-state index contributed by atoms with van der Waals surface area (Å²) in [7, 11) is 0. The number of hydrogen-bond acceptors (Lipinski definition) is 3. The van der Waals surface area contributed by atoms with Crippen LogP contribution in [0.2, 0.25) is 0 Å². The molecule has 5 heteroatoms. The molecule has 1 aromatic rings. The van der Waals surface area contributed by atoms with Gasteiger partial charge in [-0.25, -0.2) is 0 Å². The van der Waals surface area contributed by atoms with Crippen molar-refractivity contribution in [1.29, 1.82) is 0 Å². The summed E-state index contributed by atoms with van der Waals surface area (Å²) in [5.74, 6) is -0.383. The lowest BCUT2D eigenvalue weighted by Crippen LogP contribution is -2.36. The molecule has 0 bridgehead atoms. The summed E-state index contributed by atoms with van der Waals surface area (Å²) in [4.78, 5) is 25.7. The van der Waals surface area contributed by atoms with Gasteiger partial charge in [-0.3, -0.25) is 14.5 Å². The Labute approximate surface area is 118 Å². The van der Waals surface area contributed by atoms with Gasteiger partial charge in [0, 0.05) is 10.2 Å². The predicted molar refractivity (Wildman–Crippen MR) is 73.5 cm³/mol. The number of halogens is 1. The second-order valence-electron chi connectivity index (χ2n) is 4.55. The van der Waals surface area contributed by atoms with Gasteiger partial charge in [-0.1, -0.05) is 0 Å². The second-order valence-corrected chi connectivity index (χ2v) is 5.79. The minimum absolute atomic E-state index is 0.00582. The number of carbonyl (C=O) groups excluding carboxylic acids is 2. The lowest BCUT2D eigenvalue weighted by atomic mass is 10.1. The van der Waals surface area contributed by atoms with Gasteiger partial charge in [0.1, 0.15) is 0 Å². The van der Waals surface area contributed by atoms with Crippen LogP contribution in [-0.2, 0) is 4.74 Å². The van der Waals surface area contributed by atoms with Crippen LogP contribution >= 0.6 is 22.6 Å². The number of amides is 2. The van der Waals surface area contributed by atoms with Crippen LogP contribution in [0.15, 0.2) is 18.2 Å². The van der Waals surface area contributed by atoms with Crippen LogP contribution in [0.3, 0.4) is 0 Å². The van der Waals surface area contributed by atoms with Crippen LogP contribution in [0.4, 0.5) is 0 Å². The Morgan fingerprint density at radius 1 is 1.28 bits per heavy atom. The Kier molecular flexibility index (Phi) is 3.11. The van der Waals surface area contributed by atoms with Gasteiger partial charge in [-0.2, -0.15) is 0 Å². The summed E-state index contributed by atoms with van der Waals surface area (Å²) in [6, 6.07) is 5.35. The molecule has 1 atom stereocenters. The van der Waals surface area contributed by atoms with Crippen molar-refractivity contribution in [2.75, 3.05) is 13.2 Å². The highest BCUT2D eigenvalue weighted by Gasteiger charge is 2.37. The van der Waals surface area contributed by atoms with E-state index in [4.69, 9.17) is 4.74 Å². The number of rotatable bonds is 2. The van der Waals surface area contributed by atoms with E-state index in [0.29, 0.717) is 17.7 Å². The largest absolute Gasteiger partial charge is 0.376 e. The minimum atomic E-state index is -0.193. The first-order valence-electron chi connectivity index (χ1n) is 5.94. The summed E-state index contributed by atoms with van der Waals surface area (Å²) < 4.78 is 6.45. The zero-order valence-corrected chi connectivity index (χ0v) is 11.8. The summed E-state index contributed by atoms with van der Waals surface area (Å²) in [6.07, 6.45) is 1.93. The molecule has 4 nitrogen and oxygen atoms in total. The first-order valence-corrected chi connectivity index (χ1v) is 7.02. The van der Waals surface area contributed by atoms with Gasteiger partial charge in [0.25, 0.3) is 11.8 Å². The van der Waals surface area contributed by atoms with Crippen LogP contribution in [0.1, 0.15) is 33.6 Å². The summed E-state index contributed by atoms with van der Waals surface area (Å²) in [6.45, 7) is 1.11. The van der Waals surface area contributed by atoms with E-state index in [1.165, 1.54) is 4.90 Å². The van der Waals surface area contributed by atoms with Gasteiger partial charge >= 0.3 is 0 Å². The molecule has 1 unspecified atom stereocenters. The molecule has 0 spiro atoms. The molecular weight excluding hydrogens is 345 g/mol. The topological polar surface area (TPSA) is 46.6 Å². The molecule has 1 aromatic carbocycles. The summed E-state index contributed by atoms with van der Waals surface area (Å²) >= 11 is 2.14. The third-order valence-corrected chi connectivity index (χ3v) is 4.01. The quantitative estimate of drug-likeness (QED) is 0.602. The highest BCUT2D eigenvalue weighted by molar-refractivity contribution is 14.1. The standard InChI is InChI=1S/C13H12INO3/c14-8-3-4-10-11(6-8)13(17)15(12(10)16)7-9-2-1-5-18-9/h3-4,6,9H,1-2,5,7H2. The normalized spacial score (nSPS) is 22.7. The molecular formula is C13H12INO3. The van der Waals surface area contributed by atoms with E-state index in [1.54, 1.807) is 12.1 Å². The number of benzene rings is 1. The molecule has 2 amide bonds. The molecule has 3 rings (SSSR count). The maximum Gasteiger partial charge on any atom is 0.261 e. The molecule has 0 N–H and O–H groups in total. The smallest absolute Gasteiger partial charge is 0.261 e. The maximum atomic E-state index is 12.2. The van der Waals surface area contributed by atoms with E-state index in [1.807, 2.05) is 6.07 Å². The van der Waals surface area contributed by atoms with Crippen molar-refractivity contribution >= 4 is 34.4 Å². The average Bonchev–Trinajstić information content (AvgIpc) is 2.93. The molecule has 2 aliphatic heterocycles. The Hall–Kier alpha value is -0.950. The second kappa shape index (κ2) is 4.62. The number of imide groups is 1. The summed E-state index contributed by atoms with van der Waals surface area (Å²) in [5.41, 5.74) is 1.03. The van der Waals surface area contributed by atoms with E-state index in [-0.39, 0.29) is 17.9 Å². The SMILES string of the molecule is O=C1c2ccc(I)cc2C(=O)N1CC1CCCO1. The van der Waals surface area contributed by atoms with Crippen LogP contribution in [0.25, 0.3) is 0 Å². The third-order valence-electron chi connectivity index (χ3n) is 3.34. The fourth-order valence-corrected chi connectivity index (χ4v) is 2.91.